The molecule has 2 amide bonds. The fraction of sp³-hybridized carbons (Fsp3) is 0.167. The van der Waals surface area contributed by atoms with E-state index in [1.807, 2.05) is 30.3 Å². The molecule has 3 rings (SSSR count). The van der Waals surface area contributed by atoms with Gasteiger partial charge in [0.2, 0.25) is 5.91 Å². The molecule has 2 unspecified atom stereocenters. The van der Waals surface area contributed by atoms with Gasteiger partial charge in [0.05, 0.1) is 6.21 Å². The first-order valence-corrected chi connectivity index (χ1v) is 7.60. The molecule has 0 radical (unpaired) electrons. The van der Waals surface area contributed by atoms with Gasteiger partial charge in [-0.1, -0.05) is 30.3 Å². The molecule has 122 valence electrons. The van der Waals surface area contributed by atoms with E-state index in [0.29, 0.717) is 6.54 Å². The highest BCUT2D eigenvalue weighted by Gasteiger charge is 2.40. The molecule has 1 saturated heterocycles. The molecule has 1 fully saturated rings. The van der Waals surface area contributed by atoms with Crippen molar-refractivity contribution in [1.29, 1.82) is 0 Å². The van der Waals surface area contributed by atoms with Gasteiger partial charge in [0.1, 0.15) is 11.7 Å². The number of hydrogen-bond donors (Lipinski definition) is 3. The minimum absolute atomic E-state index is 0.157. The number of hydrogen-bond acceptors (Lipinski definition) is 4. The lowest BCUT2D eigenvalue weighted by molar-refractivity contribution is -0.133. The maximum atomic E-state index is 12.4. The van der Waals surface area contributed by atoms with E-state index >= 15 is 0 Å². The highest BCUT2D eigenvalue weighted by atomic mass is 16.3. The lowest BCUT2D eigenvalue weighted by Gasteiger charge is -2.15. The van der Waals surface area contributed by atoms with Gasteiger partial charge in [-0.15, -0.1) is 0 Å². The average Bonchev–Trinajstić information content (AvgIpc) is 2.99. The molecule has 0 bridgehead atoms. The number of phenolic OH excluding ortho intramolecular Hbond substituents is 1. The molecular formula is C18H17N3O3. The van der Waals surface area contributed by atoms with Crippen LogP contribution in [-0.2, 0) is 9.59 Å². The second-order valence-corrected chi connectivity index (χ2v) is 5.57. The number of amides is 2. The van der Waals surface area contributed by atoms with Crippen LogP contribution < -0.4 is 10.7 Å². The molecule has 0 spiro atoms. The van der Waals surface area contributed by atoms with E-state index in [2.05, 4.69) is 15.8 Å². The molecule has 6 nitrogen and oxygen atoms in total. The highest BCUT2D eigenvalue weighted by Crippen LogP contribution is 2.28. The monoisotopic (exact) mass is 323 g/mol. The third kappa shape index (κ3) is 3.43. The summed E-state index contributed by atoms with van der Waals surface area (Å²) in [6.45, 7) is 0.433. The van der Waals surface area contributed by atoms with Gasteiger partial charge in [0.15, 0.2) is 0 Å². The quantitative estimate of drug-likeness (QED) is 0.451. The summed E-state index contributed by atoms with van der Waals surface area (Å²) in [5, 5.41) is 15.8. The fourth-order valence-electron chi connectivity index (χ4n) is 2.73. The number of aromatic hydroxyl groups is 1. The van der Waals surface area contributed by atoms with Gasteiger partial charge in [-0.2, -0.15) is 5.10 Å². The minimum atomic E-state index is -0.802. The Morgan fingerprint density at radius 1 is 1.17 bits per heavy atom. The van der Waals surface area contributed by atoms with E-state index < -0.39 is 11.8 Å². The summed E-state index contributed by atoms with van der Waals surface area (Å²) in [5.41, 5.74) is 4.09. The molecule has 2 atom stereocenters. The molecule has 1 heterocycles. The third-order valence-electron chi connectivity index (χ3n) is 3.97. The summed E-state index contributed by atoms with van der Waals surface area (Å²) in [4.78, 5) is 24.4. The van der Waals surface area contributed by atoms with Gasteiger partial charge in [-0.25, -0.2) is 5.43 Å². The Kier molecular flexibility index (Phi) is 4.56. The molecule has 1 aliphatic heterocycles. The normalized spacial score (nSPS) is 20.1. The van der Waals surface area contributed by atoms with Gasteiger partial charge in [-0.3, -0.25) is 9.59 Å². The number of carbonyl (C=O) groups is 2. The zero-order valence-corrected chi connectivity index (χ0v) is 12.8. The van der Waals surface area contributed by atoms with E-state index in [1.54, 1.807) is 12.1 Å². The summed E-state index contributed by atoms with van der Waals surface area (Å²) in [7, 11) is 0. The average molecular weight is 323 g/mol. The third-order valence-corrected chi connectivity index (χ3v) is 3.97. The highest BCUT2D eigenvalue weighted by molar-refractivity contribution is 6.03. The Morgan fingerprint density at radius 3 is 2.58 bits per heavy atom. The zero-order valence-electron chi connectivity index (χ0n) is 12.8. The van der Waals surface area contributed by atoms with Gasteiger partial charge in [0.25, 0.3) is 5.91 Å². The van der Waals surface area contributed by atoms with E-state index in [9.17, 15) is 14.7 Å². The van der Waals surface area contributed by atoms with Crippen LogP contribution in [0.1, 0.15) is 17.0 Å². The maximum absolute atomic E-state index is 12.4. The van der Waals surface area contributed by atoms with Gasteiger partial charge < -0.3 is 10.4 Å². The van der Waals surface area contributed by atoms with Crippen molar-refractivity contribution in [2.24, 2.45) is 11.0 Å². The second-order valence-electron chi connectivity index (χ2n) is 5.57. The molecule has 0 aliphatic carbocycles. The van der Waals surface area contributed by atoms with Crippen LogP contribution in [0.4, 0.5) is 0 Å². The summed E-state index contributed by atoms with van der Waals surface area (Å²) in [5.74, 6) is -1.58. The summed E-state index contributed by atoms with van der Waals surface area (Å²) in [6.07, 6.45) is 1.46. The molecule has 0 saturated carbocycles. The van der Waals surface area contributed by atoms with Crippen molar-refractivity contribution in [2.75, 3.05) is 6.54 Å². The van der Waals surface area contributed by atoms with Crippen LogP contribution in [-0.4, -0.2) is 29.7 Å². The number of nitrogens with one attached hydrogen (secondary N) is 2. The second kappa shape index (κ2) is 6.95. The molecule has 0 aromatic heterocycles. The van der Waals surface area contributed by atoms with Gasteiger partial charge in [-0.05, 0) is 35.4 Å². The number of nitrogens with zero attached hydrogens (tertiary/aromatic N) is 1. The van der Waals surface area contributed by atoms with E-state index in [4.69, 9.17) is 0 Å². The number of benzene rings is 2. The van der Waals surface area contributed by atoms with E-state index in [-0.39, 0.29) is 17.6 Å². The SMILES string of the molecule is O=C1NCC(c2ccccc2)C1C(=O)N/N=C\c1ccc(O)cc1. The largest absolute Gasteiger partial charge is 0.508 e. The van der Waals surface area contributed by atoms with Crippen LogP contribution in [0.15, 0.2) is 59.7 Å². The van der Waals surface area contributed by atoms with Crippen LogP contribution in [0.5, 0.6) is 5.75 Å². The number of phenols is 1. The van der Waals surface area contributed by atoms with Crippen LogP contribution >= 0.6 is 0 Å². The topological polar surface area (TPSA) is 90.8 Å². The predicted molar refractivity (Wildman–Crippen MR) is 89.5 cm³/mol. The Labute approximate surface area is 139 Å². The minimum Gasteiger partial charge on any atom is -0.508 e. The van der Waals surface area contributed by atoms with Gasteiger partial charge >= 0.3 is 0 Å². The van der Waals surface area contributed by atoms with E-state index in [1.165, 1.54) is 18.3 Å². The Balaban J connectivity index is 1.68. The van der Waals surface area contributed by atoms with Gasteiger partial charge in [0, 0.05) is 12.5 Å². The van der Waals surface area contributed by atoms with Crippen molar-refractivity contribution >= 4 is 18.0 Å². The first kappa shape index (κ1) is 15.7. The smallest absolute Gasteiger partial charge is 0.253 e. The van der Waals surface area contributed by atoms with Crippen molar-refractivity contribution in [3.63, 3.8) is 0 Å². The summed E-state index contributed by atoms with van der Waals surface area (Å²) < 4.78 is 0. The van der Waals surface area contributed by atoms with Crippen molar-refractivity contribution in [3.05, 3.63) is 65.7 Å². The Morgan fingerprint density at radius 2 is 1.88 bits per heavy atom. The summed E-state index contributed by atoms with van der Waals surface area (Å²) in [6, 6.07) is 15.9. The Bertz CT molecular complexity index is 757. The predicted octanol–water partition coefficient (Wildman–Crippen LogP) is 1.37. The zero-order chi connectivity index (χ0) is 16.9. The maximum Gasteiger partial charge on any atom is 0.253 e. The van der Waals surface area contributed by atoms with Crippen molar-refractivity contribution in [2.45, 2.75) is 5.92 Å². The molecule has 2 aromatic rings. The number of carbonyl (C=O) groups excluding carboxylic acids is 2. The van der Waals surface area contributed by atoms with Crippen LogP contribution in [0.3, 0.4) is 0 Å². The first-order chi connectivity index (χ1) is 11.6. The molecule has 6 heteroatoms. The molecule has 24 heavy (non-hydrogen) atoms. The van der Waals surface area contributed by atoms with E-state index in [0.717, 1.165) is 11.1 Å². The Hall–Kier alpha value is -3.15. The van der Waals surface area contributed by atoms with Crippen LogP contribution in [0, 0.1) is 5.92 Å². The standard InChI is InChI=1S/C18H17N3O3/c22-14-8-6-12(7-9-14)10-20-21-18(24)16-15(11-19-17(16)23)13-4-2-1-3-5-13/h1-10,15-16,22H,11H2,(H,19,23)(H,21,24)/b20-10-. The number of rotatable bonds is 4. The van der Waals surface area contributed by atoms with Crippen molar-refractivity contribution in [1.82, 2.24) is 10.7 Å². The molecule has 3 N–H and O–H groups in total. The lowest BCUT2D eigenvalue weighted by Crippen LogP contribution is -2.34. The molecule has 1 aliphatic rings. The van der Waals surface area contributed by atoms with Crippen molar-refractivity contribution in [3.8, 4) is 5.75 Å². The molecule has 2 aromatic carbocycles. The first-order valence-electron chi connectivity index (χ1n) is 7.60. The number of hydrazone groups is 1. The summed E-state index contributed by atoms with van der Waals surface area (Å²) >= 11 is 0. The van der Waals surface area contributed by atoms with Crippen molar-refractivity contribution < 1.29 is 14.7 Å². The fourth-order valence-corrected chi connectivity index (χ4v) is 2.73. The lowest BCUT2D eigenvalue weighted by atomic mass is 9.88. The van der Waals surface area contributed by atoms with Crippen LogP contribution in [0.2, 0.25) is 0 Å². The van der Waals surface area contributed by atoms with Crippen LogP contribution in [0.25, 0.3) is 0 Å². The molecular weight excluding hydrogens is 306 g/mol.